The van der Waals surface area contributed by atoms with Gasteiger partial charge >= 0.3 is 0 Å². The van der Waals surface area contributed by atoms with Gasteiger partial charge in [-0.3, -0.25) is 0 Å². The zero-order valence-corrected chi connectivity index (χ0v) is 14.4. The molecule has 2 nitrogen and oxygen atoms in total. The average Bonchev–Trinajstić information content (AvgIpc) is 2.43. The third-order valence-electron chi connectivity index (χ3n) is 5.10. The summed E-state index contributed by atoms with van der Waals surface area (Å²) < 4.78 is 6.12. The minimum atomic E-state index is 0.138. The smallest absolute Gasteiger partial charge is 0.121 e. The Hall–Kier alpha value is -0.730. The fourth-order valence-corrected chi connectivity index (χ4v) is 3.78. The Morgan fingerprint density at radius 3 is 2.62 bits per heavy atom. The van der Waals surface area contributed by atoms with E-state index in [1.807, 2.05) is 31.3 Å². The molecule has 1 saturated carbocycles. The predicted octanol–water partition coefficient (Wildman–Crippen LogP) is 4.77. The summed E-state index contributed by atoms with van der Waals surface area (Å²) in [5.41, 5.74) is 0. The first-order valence-electron chi connectivity index (χ1n) is 8.10. The molecule has 0 saturated heterocycles. The number of likely N-dealkylation sites (N-methyl/N-ethyl adjacent to an activating group) is 1. The van der Waals surface area contributed by atoms with Crippen LogP contribution in [-0.2, 0) is 0 Å². The number of hydrogen-bond donors (Lipinski definition) is 1. The number of hydrogen-bond acceptors (Lipinski definition) is 2. The van der Waals surface area contributed by atoms with Crippen molar-refractivity contribution in [3.63, 3.8) is 0 Å². The van der Waals surface area contributed by atoms with Crippen LogP contribution in [0.25, 0.3) is 0 Å². The van der Waals surface area contributed by atoms with Crippen molar-refractivity contribution in [2.45, 2.75) is 52.2 Å². The summed E-state index contributed by atoms with van der Waals surface area (Å²) in [6.45, 7) is 6.91. The fourth-order valence-electron chi connectivity index (χ4n) is 3.60. The van der Waals surface area contributed by atoms with Gasteiger partial charge in [0.2, 0.25) is 0 Å². The number of rotatable bonds is 5. The molecule has 118 valence electrons. The molecule has 5 atom stereocenters. The van der Waals surface area contributed by atoms with Crippen molar-refractivity contribution < 1.29 is 4.74 Å². The molecule has 1 aromatic carbocycles. The first-order valence-corrected chi connectivity index (χ1v) is 8.48. The normalized spacial score (nSPS) is 28.9. The van der Waals surface area contributed by atoms with Gasteiger partial charge < -0.3 is 10.1 Å². The highest BCUT2D eigenvalue weighted by Crippen LogP contribution is 2.36. The van der Waals surface area contributed by atoms with E-state index in [9.17, 15) is 0 Å². The first-order chi connectivity index (χ1) is 10.0. The largest absolute Gasteiger partial charge is 0.489 e. The summed E-state index contributed by atoms with van der Waals surface area (Å²) in [7, 11) is 2.05. The topological polar surface area (TPSA) is 21.3 Å². The molecule has 5 unspecified atom stereocenters. The first kappa shape index (κ1) is 16.6. The number of ether oxygens (including phenoxy) is 1. The van der Waals surface area contributed by atoms with Crippen molar-refractivity contribution in [3.05, 3.63) is 29.3 Å². The van der Waals surface area contributed by atoms with E-state index in [-0.39, 0.29) is 6.10 Å². The summed E-state index contributed by atoms with van der Waals surface area (Å²) in [4.78, 5) is 0. The Balaban J connectivity index is 1.99. The van der Waals surface area contributed by atoms with Crippen molar-refractivity contribution in [1.29, 1.82) is 0 Å². The lowest BCUT2D eigenvalue weighted by molar-refractivity contribution is 0.0951. The Bertz CT molecular complexity index is 451. The molecular weight excluding hydrogens is 282 g/mol. The van der Waals surface area contributed by atoms with Crippen LogP contribution >= 0.6 is 11.6 Å². The molecule has 3 heteroatoms. The van der Waals surface area contributed by atoms with Crippen LogP contribution in [0.3, 0.4) is 0 Å². The standard InChI is InChI=1S/C18H28ClNO/c1-12-8-9-15(10-13(12)2)18(20-4)14(3)21-17-7-5-6-16(19)11-17/h5-7,11-15,18,20H,8-10H2,1-4H3. The van der Waals surface area contributed by atoms with Gasteiger partial charge in [0, 0.05) is 11.1 Å². The number of nitrogens with one attached hydrogen (secondary N) is 1. The molecule has 0 aromatic heterocycles. The van der Waals surface area contributed by atoms with E-state index in [2.05, 4.69) is 26.1 Å². The molecule has 0 heterocycles. The third-order valence-corrected chi connectivity index (χ3v) is 5.34. The lowest BCUT2D eigenvalue weighted by Gasteiger charge is -2.39. The van der Waals surface area contributed by atoms with Gasteiger partial charge in [0.1, 0.15) is 11.9 Å². The second-order valence-corrected chi connectivity index (χ2v) is 7.06. The van der Waals surface area contributed by atoms with Crippen LogP contribution in [-0.4, -0.2) is 19.2 Å². The van der Waals surface area contributed by atoms with Crippen molar-refractivity contribution in [3.8, 4) is 5.75 Å². The molecule has 1 fully saturated rings. The molecule has 0 radical (unpaired) electrons. The molecule has 0 aliphatic heterocycles. The SMILES string of the molecule is CNC(C1CCC(C)C(C)C1)C(C)Oc1cccc(Cl)c1. The molecule has 0 amide bonds. The monoisotopic (exact) mass is 309 g/mol. The van der Waals surface area contributed by atoms with Gasteiger partial charge in [-0.1, -0.05) is 37.9 Å². The van der Waals surface area contributed by atoms with Crippen LogP contribution in [0.15, 0.2) is 24.3 Å². The summed E-state index contributed by atoms with van der Waals surface area (Å²) in [6.07, 6.45) is 4.04. The van der Waals surface area contributed by atoms with Gasteiger partial charge in [-0.2, -0.15) is 0 Å². The summed E-state index contributed by atoms with van der Waals surface area (Å²) in [5, 5.41) is 4.21. The summed E-state index contributed by atoms with van der Waals surface area (Å²) in [6, 6.07) is 8.05. The van der Waals surface area contributed by atoms with E-state index in [0.29, 0.717) is 12.0 Å². The molecule has 0 bridgehead atoms. The summed E-state index contributed by atoms with van der Waals surface area (Å²) >= 11 is 6.03. The second-order valence-electron chi connectivity index (χ2n) is 6.62. The van der Waals surface area contributed by atoms with Gasteiger partial charge in [-0.25, -0.2) is 0 Å². The Morgan fingerprint density at radius 1 is 1.24 bits per heavy atom. The van der Waals surface area contributed by atoms with Gasteiger partial charge in [0.25, 0.3) is 0 Å². The lowest BCUT2D eigenvalue weighted by Crippen LogP contribution is -2.47. The van der Waals surface area contributed by atoms with E-state index >= 15 is 0 Å². The maximum Gasteiger partial charge on any atom is 0.121 e. The van der Waals surface area contributed by atoms with Crippen LogP contribution in [0, 0.1) is 17.8 Å². The van der Waals surface area contributed by atoms with Crippen molar-refractivity contribution in [2.24, 2.45) is 17.8 Å². The van der Waals surface area contributed by atoms with E-state index in [1.54, 1.807) is 0 Å². The maximum atomic E-state index is 6.12. The molecule has 1 N–H and O–H groups in total. The number of halogens is 1. The lowest BCUT2D eigenvalue weighted by atomic mass is 9.72. The zero-order valence-electron chi connectivity index (χ0n) is 13.6. The fraction of sp³-hybridized carbons (Fsp3) is 0.667. The second kappa shape index (κ2) is 7.51. The minimum absolute atomic E-state index is 0.138. The van der Waals surface area contributed by atoms with E-state index < -0.39 is 0 Å². The highest BCUT2D eigenvalue weighted by atomic mass is 35.5. The van der Waals surface area contributed by atoms with Crippen LogP contribution in [0.5, 0.6) is 5.75 Å². The third kappa shape index (κ3) is 4.37. The maximum absolute atomic E-state index is 6.12. The number of benzene rings is 1. The quantitative estimate of drug-likeness (QED) is 0.846. The molecule has 1 aromatic rings. The Morgan fingerprint density at radius 2 is 2.00 bits per heavy atom. The van der Waals surface area contributed by atoms with Crippen LogP contribution in [0.4, 0.5) is 0 Å². The Labute approximate surface area is 134 Å². The highest BCUT2D eigenvalue weighted by molar-refractivity contribution is 6.30. The predicted molar refractivity (Wildman–Crippen MR) is 90.1 cm³/mol. The van der Waals surface area contributed by atoms with Gasteiger partial charge in [-0.15, -0.1) is 0 Å². The van der Waals surface area contributed by atoms with E-state index in [1.165, 1.54) is 19.3 Å². The molecular formula is C18H28ClNO. The van der Waals surface area contributed by atoms with Crippen LogP contribution in [0.1, 0.15) is 40.0 Å². The van der Waals surface area contributed by atoms with Crippen molar-refractivity contribution >= 4 is 11.6 Å². The Kier molecular flexibility index (Phi) is 5.95. The molecule has 0 spiro atoms. The minimum Gasteiger partial charge on any atom is -0.489 e. The molecule has 1 aliphatic carbocycles. The molecule has 2 rings (SSSR count). The molecule has 1 aliphatic rings. The van der Waals surface area contributed by atoms with E-state index in [4.69, 9.17) is 16.3 Å². The van der Waals surface area contributed by atoms with Gasteiger partial charge in [0.05, 0.1) is 0 Å². The average molecular weight is 310 g/mol. The van der Waals surface area contributed by atoms with E-state index in [0.717, 1.165) is 22.6 Å². The summed E-state index contributed by atoms with van der Waals surface area (Å²) in [5.74, 6) is 3.20. The van der Waals surface area contributed by atoms with Crippen LogP contribution < -0.4 is 10.1 Å². The highest BCUT2D eigenvalue weighted by Gasteiger charge is 2.33. The van der Waals surface area contributed by atoms with Gasteiger partial charge in [0.15, 0.2) is 0 Å². The zero-order chi connectivity index (χ0) is 15.4. The van der Waals surface area contributed by atoms with Gasteiger partial charge in [-0.05, 0) is 62.8 Å². The van der Waals surface area contributed by atoms with Crippen molar-refractivity contribution in [1.82, 2.24) is 5.32 Å². The molecule has 21 heavy (non-hydrogen) atoms. The van der Waals surface area contributed by atoms with Crippen molar-refractivity contribution in [2.75, 3.05) is 7.05 Å². The van der Waals surface area contributed by atoms with Crippen LogP contribution in [0.2, 0.25) is 5.02 Å².